The number of ketones is 1. The zero-order valence-electron chi connectivity index (χ0n) is 20.8. The molecule has 7 nitrogen and oxygen atoms in total. The maximum Gasteiger partial charge on any atom is 0.243 e. The van der Waals surface area contributed by atoms with E-state index in [1.807, 2.05) is 30.3 Å². The van der Waals surface area contributed by atoms with E-state index in [1.54, 1.807) is 34.9 Å². The fourth-order valence-corrected chi connectivity index (χ4v) is 6.64. The number of nitrogens with zero attached hydrogens (tertiary/aromatic N) is 2. The topological polar surface area (TPSA) is 96.7 Å². The van der Waals surface area contributed by atoms with Gasteiger partial charge in [0.1, 0.15) is 0 Å². The van der Waals surface area contributed by atoms with E-state index in [-0.39, 0.29) is 41.3 Å². The Morgan fingerprint density at radius 2 is 1.66 bits per heavy atom. The number of fused-ring (bicyclic) bond motifs is 1. The van der Waals surface area contributed by atoms with Crippen LogP contribution < -0.4 is 5.43 Å². The molecule has 1 aromatic heterocycles. The van der Waals surface area contributed by atoms with Crippen molar-refractivity contribution in [2.45, 2.75) is 37.2 Å². The van der Waals surface area contributed by atoms with Crippen LogP contribution in [-0.4, -0.2) is 47.4 Å². The largest absolute Gasteiger partial charge is 0.393 e. The predicted octanol–water partition coefficient (Wildman–Crippen LogP) is 4.58. The van der Waals surface area contributed by atoms with Gasteiger partial charge in [0.25, 0.3) is 0 Å². The van der Waals surface area contributed by atoms with Crippen molar-refractivity contribution >= 4 is 38.3 Å². The zero-order valence-corrected chi connectivity index (χ0v) is 22.4. The lowest BCUT2D eigenvalue weighted by molar-refractivity contribution is 0.101. The molecule has 1 aliphatic heterocycles. The van der Waals surface area contributed by atoms with Crippen molar-refractivity contribution in [1.82, 2.24) is 8.87 Å². The summed E-state index contributed by atoms with van der Waals surface area (Å²) in [5.74, 6) is -0.269. The van der Waals surface area contributed by atoms with E-state index in [0.29, 0.717) is 39.9 Å². The summed E-state index contributed by atoms with van der Waals surface area (Å²) in [7, 11) is -3.69. The number of hydrogen-bond donors (Lipinski definition) is 1. The van der Waals surface area contributed by atoms with Gasteiger partial charge >= 0.3 is 0 Å². The van der Waals surface area contributed by atoms with Gasteiger partial charge in [0.2, 0.25) is 10.0 Å². The Labute approximate surface area is 226 Å². The third-order valence-corrected chi connectivity index (χ3v) is 9.09. The molecule has 38 heavy (non-hydrogen) atoms. The zero-order chi connectivity index (χ0) is 27.0. The van der Waals surface area contributed by atoms with Crippen molar-refractivity contribution in [2.75, 3.05) is 13.1 Å². The summed E-state index contributed by atoms with van der Waals surface area (Å²) in [6, 6.07) is 20.7. The number of pyridine rings is 1. The summed E-state index contributed by atoms with van der Waals surface area (Å²) in [6.07, 6.45) is 0.491. The highest BCUT2D eigenvalue weighted by atomic mass is 35.5. The standard InChI is InChI=1S/C29H27ClN2O5S/c1-19(33)28-26(17-20-7-10-24(11-8-20)38(36,37)31-15-13-23(34)14-16-31)29(35)25-12-9-21(30)18-27(25)32(28)22-5-3-2-4-6-22/h2-12,18,23,34H,13-17H2,1H3. The van der Waals surface area contributed by atoms with Crippen molar-refractivity contribution in [3.63, 3.8) is 0 Å². The van der Waals surface area contributed by atoms with Crippen LogP contribution in [0.4, 0.5) is 0 Å². The lowest BCUT2D eigenvalue weighted by Gasteiger charge is -2.28. The molecular formula is C29H27ClN2O5S. The Hall–Kier alpha value is -3.30. The fraction of sp³-hybridized carbons (Fsp3) is 0.241. The maximum absolute atomic E-state index is 13.7. The highest BCUT2D eigenvalue weighted by Gasteiger charge is 2.29. The average Bonchev–Trinajstić information content (AvgIpc) is 2.91. The second-order valence-corrected chi connectivity index (χ2v) is 11.9. The van der Waals surface area contributed by atoms with Gasteiger partial charge in [0, 0.05) is 48.1 Å². The van der Waals surface area contributed by atoms with Crippen molar-refractivity contribution in [3.05, 3.63) is 105 Å². The molecule has 5 rings (SSSR count). The van der Waals surface area contributed by atoms with Gasteiger partial charge in [0.05, 0.1) is 22.2 Å². The van der Waals surface area contributed by atoms with Crippen molar-refractivity contribution in [1.29, 1.82) is 0 Å². The first-order valence-corrected chi connectivity index (χ1v) is 14.2. The fourth-order valence-electron chi connectivity index (χ4n) is 5.00. The van der Waals surface area contributed by atoms with E-state index in [4.69, 9.17) is 11.6 Å². The third-order valence-electron chi connectivity index (χ3n) is 6.94. The minimum Gasteiger partial charge on any atom is -0.393 e. The van der Waals surface area contributed by atoms with Gasteiger partial charge < -0.3 is 9.67 Å². The molecule has 9 heteroatoms. The summed E-state index contributed by atoms with van der Waals surface area (Å²) in [6.45, 7) is 1.97. The van der Waals surface area contributed by atoms with Crippen LogP contribution in [0, 0.1) is 0 Å². The molecule has 196 valence electrons. The van der Waals surface area contributed by atoms with Crippen LogP contribution >= 0.6 is 11.6 Å². The number of para-hydroxylation sites is 1. The number of aromatic nitrogens is 1. The van der Waals surface area contributed by atoms with Gasteiger partial charge in [0.15, 0.2) is 11.2 Å². The molecule has 0 amide bonds. The second-order valence-electron chi connectivity index (χ2n) is 9.50. The second kappa shape index (κ2) is 10.5. The number of sulfonamides is 1. The van der Waals surface area contributed by atoms with E-state index < -0.39 is 16.1 Å². The average molecular weight is 551 g/mol. The molecule has 0 bridgehead atoms. The first-order chi connectivity index (χ1) is 18.2. The molecule has 0 radical (unpaired) electrons. The highest BCUT2D eigenvalue weighted by molar-refractivity contribution is 7.89. The summed E-state index contributed by atoms with van der Waals surface area (Å²) < 4.78 is 29.3. The summed E-state index contributed by atoms with van der Waals surface area (Å²) in [5, 5.41) is 10.6. The van der Waals surface area contributed by atoms with Crippen LogP contribution in [0.2, 0.25) is 5.02 Å². The molecule has 1 saturated heterocycles. The Balaban J connectivity index is 1.60. The van der Waals surface area contributed by atoms with Crippen LogP contribution in [0.25, 0.3) is 16.6 Å². The number of aliphatic hydroxyl groups excluding tert-OH is 1. The van der Waals surface area contributed by atoms with Crippen molar-refractivity contribution in [3.8, 4) is 5.69 Å². The minimum absolute atomic E-state index is 0.148. The van der Waals surface area contributed by atoms with E-state index in [2.05, 4.69) is 0 Å². The summed E-state index contributed by atoms with van der Waals surface area (Å²) in [4.78, 5) is 26.9. The molecule has 2 heterocycles. The number of benzene rings is 3. The predicted molar refractivity (Wildman–Crippen MR) is 148 cm³/mol. The van der Waals surface area contributed by atoms with E-state index in [1.165, 1.54) is 23.4 Å². The summed E-state index contributed by atoms with van der Waals surface area (Å²) >= 11 is 6.28. The SMILES string of the molecule is CC(=O)c1c(Cc2ccc(S(=O)(=O)N3CCC(O)CC3)cc2)c(=O)c2ccc(Cl)cc2n1-c1ccccc1. The Bertz CT molecular complexity index is 1670. The van der Waals surface area contributed by atoms with Crippen molar-refractivity contribution < 1.29 is 18.3 Å². The number of carbonyl (C=O) groups is 1. The number of rotatable bonds is 6. The number of Topliss-reactive ketones (excluding diaryl/α,β-unsaturated/α-hetero) is 1. The number of hydrogen-bond acceptors (Lipinski definition) is 5. The molecule has 1 N–H and O–H groups in total. The Kier molecular flexibility index (Phi) is 7.24. The van der Waals surface area contributed by atoms with Gasteiger partial charge in [-0.1, -0.05) is 41.9 Å². The maximum atomic E-state index is 13.7. The van der Waals surface area contributed by atoms with Crippen molar-refractivity contribution in [2.24, 2.45) is 0 Å². The normalized spacial score (nSPS) is 15.1. The van der Waals surface area contributed by atoms with E-state index in [9.17, 15) is 23.1 Å². The van der Waals surface area contributed by atoms with Crippen LogP contribution in [0.15, 0.2) is 82.5 Å². The molecule has 0 unspecified atom stereocenters. The van der Waals surface area contributed by atoms with Crippen LogP contribution in [0.3, 0.4) is 0 Å². The number of aliphatic hydroxyl groups is 1. The highest BCUT2D eigenvalue weighted by Crippen LogP contribution is 2.27. The van der Waals surface area contributed by atoms with Gasteiger partial charge in [-0.2, -0.15) is 4.31 Å². The van der Waals surface area contributed by atoms with Gasteiger partial charge in [-0.3, -0.25) is 9.59 Å². The number of carbonyl (C=O) groups excluding carboxylic acids is 1. The molecular weight excluding hydrogens is 524 g/mol. The molecule has 3 aromatic carbocycles. The molecule has 4 aromatic rings. The first-order valence-electron chi connectivity index (χ1n) is 12.4. The molecule has 1 fully saturated rings. The smallest absolute Gasteiger partial charge is 0.243 e. The van der Waals surface area contributed by atoms with Crippen LogP contribution in [0.1, 0.15) is 41.4 Å². The van der Waals surface area contributed by atoms with Crippen LogP contribution in [0.5, 0.6) is 0 Å². The first kappa shape index (κ1) is 26.3. The summed E-state index contributed by atoms with van der Waals surface area (Å²) in [5.41, 5.74) is 2.29. The minimum atomic E-state index is -3.69. The molecule has 0 aliphatic carbocycles. The Morgan fingerprint density at radius 1 is 1.00 bits per heavy atom. The molecule has 0 saturated carbocycles. The van der Waals surface area contributed by atoms with Gasteiger partial charge in [-0.05, 0) is 60.9 Å². The molecule has 0 atom stereocenters. The monoisotopic (exact) mass is 550 g/mol. The number of halogens is 1. The van der Waals surface area contributed by atoms with Crippen LogP contribution in [-0.2, 0) is 16.4 Å². The lowest BCUT2D eigenvalue weighted by atomic mass is 9.98. The van der Waals surface area contributed by atoms with Gasteiger partial charge in [-0.25, -0.2) is 8.42 Å². The number of piperidine rings is 1. The van der Waals surface area contributed by atoms with E-state index in [0.717, 1.165) is 5.69 Å². The quantitative estimate of drug-likeness (QED) is 0.354. The van der Waals surface area contributed by atoms with Gasteiger partial charge in [-0.15, -0.1) is 0 Å². The lowest BCUT2D eigenvalue weighted by Crippen LogP contribution is -2.39. The molecule has 0 spiro atoms. The molecule has 1 aliphatic rings. The van der Waals surface area contributed by atoms with E-state index >= 15 is 0 Å². The Morgan fingerprint density at radius 3 is 2.29 bits per heavy atom. The third kappa shape index (κ3) is 4.92.